The molecule has 0 bridgehead atoms. The van der Waals surface area contributed by atoms with E-state index in [4.69, 9.17) is 18.9 Å². The van der Waals surface area contributed by atoms with Gasteiger partial charge in [-0.15, -0.1) is 0 Å². The van der Waals surface area contributed by atoms with E-state index in [-0.39, 0.29) is 6.79 Å². The second-order valence-electron chi connectivity index (χ2n) is 6.55. The predicted octanol–water partition coefficient (Wildman–Crippen LogP) is 5.67. The van der Waals surface area contributed by atoms with Gasteiger partial charge >= 0.3 is 0 Å². The molecule has 0 aromatic heterocycles. The molecule has 0 saturated carbocycles. The third-order valence-corrected chi connectivity index (χ3v) is 5.39. The first-order valence-corrected chi connectivity index (χ1v) is 10.3. The molecule has 3 aromatic carbocycles. The molecule has 5 nitrogen and oxygen atoms in total. The Labute approximate surface area is 188 Å². The largest absolute Gasteiger partial charge is 0.493 e. The highest BCUT2D eigenvalue weighted by Crippen LogP contribution is 2.37. The van der Waals surface area contributed by atoms with E-state index in [0.29, 0.717) is 35.2 Å². The summed E-state index contributed by atoms with van der Waals surface area (Å²) in [5, 5.41) is 9.70. The Morgan fingerprint density at radius 1 is 1.10 bits per heavy atom. The monoisotopic (exact) mass is 511 g/mol. The molecular weight excluding hydrogens is 493 g/mol. The van der Waals surface area contributed by atoms with Crippen molar-refractivity contribution in [3.63, 3.8) is 0 Å². The number of fused-ring (bicyclic) bond motifs is 1. The predicted molar refractivity (Wildman–Crippen MR) is 123 cm³/mol. The summed E-state index contributed by atoms with van der Waals surface area (Å²) in [5.41, 5.74) is 3.20. The zero-order valence-electron chi connectivity index (χ0n) is 16.2. The van der Waals surface area contributed by atoms with Gasteiger partial charge in [-0.05, 0) is 75.7 Å². The molecule has 6 heteroatoms. The fourth-order valence-corrected chi connectivity index (χ4v) is 3.88. The quantitative estimate of drug-likeness (QED) is 0.243. The number of nitriles is 1. The molecule has 0 saturated heterocycles. The lowest BCUT2D eigenvalue weighted by molar-refractivity contribution is 0.174. The highest BCUT2D eigenvalue weighted by atomic mass is 127. The molecule has 3 aromatic rings. The molecule has 0 radical (unpaired) electrons. The number of benzene rings is 3. The highest BCUT2D eigenvalue weighted by Gasteiger charge is 2.16. The normalized spacial score (nSPS) is 12.4. The highest BCUT2D eigenvalue weighted by molar-refractivity contribution is 14.1. The molecule has 1 aliphatic rings. The van der Waals surface area contributed by atoms with Gasteiger partial charge in [0, 0.05) is 0 Å². The first-order chi connectivity index (χ1) is 14.7. The lowest BCUT2D eigenvalue weighted by Crippen LogP contribution is -2.00. The number of allylic oxidation sites excluding steroid dienone is 1. The standard InChI is InChI=1S/C24H18INO4/c1-27-23-11-17(10-20(25)24(23)28-14-16-5-3-2-4-6-16)9-19(13-26)18-7-8-21-22(12-18)30-15-29-21/h2-12H,14-15H2,1H3/b19-9-. The lowest BCUT2D eigenvalue weighted by Gasteiger charge is -2.14. The third-order valence-electron chi connectivity index (χ3n) is 4.59. The van der Waals surface area contributed by atoms with Crippen LogP contribution in [0.4, 0.5) is 0 Å². The van der Waals surface area contributed by atoms with Crippen molar-refractivity contribution in [2.75, 3.05) is 13.9 Å². The molecule has 1 aliphatic heterocycles. The maximum Gasteiger partial charge on any atom is 0.231 e. The molecule has 0 fully saturated rings. The van der Waals surface area contributed by atoms with Gasteiger partial charge in [-0.3, -0.25) is 0 Å². The maximum absolute atomic E-state index is 9.70. The molecule has 0 amide bonds. The summed E-state index contributed by atoms with van der Waals surface area (Å²) in [7, 11) is 1.61. The molecule has 4 rings (SSSR count). The number of hydrogen-bond acceptors (Lipinski definition) is 5. The van der Waals surface area contributed by atoms with Crippen LogP contribution in [0.5, 0.6) is 23.0 Å². The van der Waals surface area contributed by atoms with Crippen molar-refractivity contribution in [2.24, 2.45) is 0 Å². The molecule has 150 valence electrons. The van der Waals surface area contributed by atoms with Gasteiger partial charge in [0.15, 0.2) is 23.0 Å². The maximum atomic E-state index is 9.70. The van der Waals surface area contributed by atoms with E-state index in [1.54, 1.807) is 7.11 Å². The van der Waals surface area contributed by atoms with Crippen LogP contribution in [0.15, 0.2) is 60.7 Å². The van der Waals surface area contributed by atoms with Crippen LogP contribution < -0.4 is 18.9 Å². The Morgan fingerprint density at radius 2 is 1.90 bits per heavy atom. The second kappa shape index (κ2) is 9.09. The molecule has 30 heavy (non-hydrogen) atoms. The van der Waals surface area contributed by atoms with Gasteiger partial charge in [-0.25, -0.2) is 0 Å². The van der Waals surface area contributed by atoms with Crippen LogP contribution >= 0.6 is 22.6 Å². The first-order valence-electron chi connectivity index (χ1n) is 9.24. The SMILES string of the molecule is COc1cc(/C=C(/C#N)c2ccc3c(c2)OCO3)cc(I)c1OCc1ccccc1. The topological polar surface area (TPSA) is 60.7 Å². The van der Waals surface area contributed by atoms with Gasteiger partial charge in [0.25, 0.3) is 0 Å². The number of rotatable bonds is 6. The smallest absolute Gasteiger partial charge is 0.231 e. The summed E-state index contributed by atoms with van der Waals surface area (Å²) in [6.07, 6.45) is 1.82. The van der Waals surface area contributed by atoms with Gasteiger partial charge in [-0.2, -0.15) is 5.26 Å². The van der Waals surface area contributed by atoms with E-state index in [1.165, 1.54) is 0 Å². The summed E-state index contributed by atoms with van der Waals surface area (Å²) >= 11 is 2.22. The Morgan fingerprint density at radius 3 is 2.67 bits per heavy atom. The summed E-state index contributed by atoms with van der Waals surface area (Å²) in [6, 6.07) is 21.5. The molecule has 0 unspecified atom stereocenters. The van der Waals surface area contributed by atoms with Crippen LogP contribution in [0.2, 0.25) is 0 Å². The number of halogens is 1. The molecular formula is C24H18INO4. The van der Waals surface area contributed by atoms with Crippen LogP contribution in [0.1, 0.15) is 16.7 Å². The summed E-state index contributed by atoms with van der Waals surface area (Å²) in [5.74, 6) is 2.63. The first kappa shape index (κ1) is 20.1. The van der Waals surface area contributed by atoms with Crippen molar-refractivity contribution in [1.29, 1.82) is 5.26 Å². The summed E-state index contributed by atoms with van der Waals surface area (Å²) in [6.45, 7) is 0.646. The zero-order chi connectivity index (χ0) is 20.9. The van der Waals surface area contributed by atoms with Crippen LogP contribution in [0.25, 0.3) is 11.6 Å². The van der Waals surface area contributed by atoms with Gasteiger partial charge in [0.1, 0.15) is 6.61 Å². The van der Waals surface area contributed by atoms with Gasteiger partial charge in [-0.1, -0.05) is 30.3 Å². The Hall–Kier alpha value is -3.18. The molecule has 0 spiro atoms. The van der Waals surface area contributed by atoms with E-state index in [9.17, 15) is 5.26 Å². The van der Waals surface area contributed by atoms with Crippen molar-refractivity contribution in [1.82, 2.24) is 0 Å². The van der Waals surface area contributed by atoms with Crippen LogP contribution in [-0.4, -0.2) is 13.9 Å². The van der Waals surface area contributed by atoms with Gasteiger partial charge < -0.3 is 18.9 Å². The minimum atomic E-state index is 0.199. The molecule has 0 N–H and O–H groups in total. The van der Waals surface area contributed by atoms with E-state index in [1.807, 2.05) is 66.7 Å². The minimum Gasteiger partial charge on any atom is -0.493 e. The number of nitrogens with zero attached hydrogens (tertiary/aromatic N) is 1. The average molecular weight is 511 g/mol. The molecule has 0 aliphatic carbocycles. The Kier molecular flexibility index (Phi) is 6.10. The third kappa shape index (κ3) is 4.36. The summed E-state index contributed by atoms with van der Waals surface area (Å²) in [4.78, 5) is 0. The van der Waals surface area contributed by atoms with Gasteiger partial charge in [0.2, 0.25) is 6.79 Å². The average Bonchev–Trinajstić information content (AvgIpc) is 3.25. The van der Waals surface area contributed by atoms with Crippen molar-refractivity contribution < 1.29 is 18.9 Å². The molecule has 0 atom stereocenters. The van der Waals surface area contributed by atoms with Crippen LogP contribution in [0.3, 0.4) is 0 Å². The van der Waals surface area contributed by atoms with Gasteiger partial charge in [0.05, 0.1) is 22.3 Å². The van der Waals surface area contributed by atoms with Crippen molar-refractivity contribution >= 4 is 34.2 Å². The van der Waals surface area contributed by atoms with Crippen molar-refractivity contribution in [2.45, 2.75) is 6.61 Å². The van der Waals surface area contributed by atoms with E-state index >= 15 is 0 Å². The van der Waals surface area contributed by atoms with E-state index < -0.39 is 0 Å². The van der Waals surface area contributed by atoms with Crippen LogP contribution in [0, 0.1) is 14.9 Å². The van der Waals surface area contributed by atoms with Crippen LogP contribution in [-0.2, 0) is 6.61 Å². The Balaban J connectivity index is 1.62. The van der Waals surface area contributed by atoms with Crippen molar-refractivity contribution in [3.05, 3.63) is 80.9 Å². The summed E-state index contributed by atoms with van der Waals surface area (Å²) < 4.78 is 23.2. The lowest BCUT2D eigenvalue weighted by atomic mass is 10.0. The van der Waals surface area contributed by atoms with Crippen molar-refractivity contribution in [3.8, 4) is 29.1 Å². The van der Waals surface area contributed by atoms with E-state index in [0.717, 1.165) is 20.3 Å². The number of hydrogen-bond donors (Lipinski definition) is 0. The fourth-order valence-electron chi connectivity index (χ4n) is 3.10. The Bertz CT molecular complexity index is 1140. The van der Waals surface area contributed by atoms with E-state index in [2.05, 4.69) is 28.7 Å². The molecule has 1 heterocycles. The number of ether oxygens (including phenoxy) is 4. The fraction of sp³-hybridized carbons (Fsp3) is 0.125. The zero-order valence-corrected chi connectivity index (χ0v) is 18.4. The number of methoxy groups -OCH3 is 1. The second-order valence-corrected chi connectivity index (χ2v) is 7.71. The minimum absolute atomic E-state index is 0.199.